The van der Waals surface area contributed by atoms with Crippen LogP contribution in [-0.2, 0) is 24.0 Å². The molecule has 0 aliphatic carbocycles. The molecule has 0 aromatic heterocycles. The zero-order valence-electron chi connectivity index (χ0n) is 20.7. The summed E-state index contributed by atoms with van der Waals surface area (Å²) >= 11 is 2.74. The first-order valence-corrected chi connectivity index (χ1v) is 13.7. The SMILES string of the molecule is CC1(C)S[C@@H]2[C@H](NC(=O)C3N4C(=O)[C@@H](NC(=O)[C@H](N)c5ccccc5)[C@H]4SC3(C)C)C(=O)N2C1C(=O)O. The molecule has 13 heteroatoms. The molecule has 4 heterocycles. The number of carboxylic acid groups (broad SMARTS) is 1. The smallest absolute Gasteiger partial charge is 0.327 e. The number of nitrogens with one attached hydrogen (secondary N) is 2. The molecule has 0 spiro atoms. The molecule has 11 nitrogen and oxygen atoms in total. The lowest BCUT2D eigenvalue weighted by Crippen LogP contribution is -2.74. The number of carbonyl (C=O) groups is 5. The molecule has 37 heavy (non-hydrogen) atoms. The highest BCUT2D eigenvalue weighted by atomic mass is 32.2. The van der Waals surface area contributed by atoms with Gasteiger partial charge in [0, 0.05) is 9.49 Å². The van der Waals surface area contributed by atoms with Crippen LogP contribution in [0, 0.1) is 0 Å². The van der Waals surface area contributed by atoms with Gasteiger partial charge in [-0.2, -0.15) is 0 Å². The molecular weight excluding hydrogens is 518 g/mol. The number of rotatable bonds is 6. The van der Waals surface area contributed by atoms with Crippen LogP contribution in [0.3, 0.4) is 0 Å². The summed E-state index contributed by atoms with van der Waals surface area (Å²) in [4.78, 5) is 66.6. The number of thioether (sulfide) groups is 2. The first kappa shape index (κ1) is 25.9. The van der Waals surface area contributed by atoms with E-state index in [1.165, 1.54) is 33.3 Å². The van der Waals surface area contributed by atoms with Gasteiger partial charge in [0.15, 0.2) is 0 Å². The highest BCUT2D eigenvalue weighted by molar-refractivity contribution is 8.02. The van der Waals surface area contributed by atoms with Crippen molar-refractivity contribution in [3.8, 4) is 0 Å². The summed E-state index contributed by atoms with van der Waals surface area (Å²) in [6, 6.07) is 4.39. The maximum atomic E-state index is 13.4. The molecule has 7 atom stereocenters. The maximum absolute atomic E-state index is 13.4. The predicted molar refractivity (Wildman–Crippen MR) is 137 cm³/mol. The molecule has 2 unspecified atom stereocenters. The van der Waals surface area contributed by atoms with E-state index in [1.807, 2.05) is 19.9 Å². The van der Waals surface area contributed by atoms with E-state index in [2.05, 4.69) is 10.6 Å². The maximum Gasteiger partial charge on any atom is 0.327 e. The van der Waals surface area contributed by atoms with Gasteiger partial charge in [-0.3, -0.25) is 19.2 Å². The molecule has 1 aromatic carbocycles. The van der Waals surface area contributed by atoms with Crippen molar-refractivity contribution in [1.82, 2.24) is 20.4 Å². The van der Waals surface area contributed by atoms with Gasteiger partial charge in [-0.1, -0.05) is 30.3 Å². The van der Waals surface area contributed by atoms with Gasteiger partial charge in [0.1, 0.15) is 41.0 Å². The van der Waals surface area contributed by atoms with Crippen LogP contribution in [0.5, 0.6) is 0 Å². The van der Waals surface area contributed by atoms with Crippen LogP contribution < -0.4 is 16.4 Å². The summed E-state index contributed by atoms with van der Waals surface area (Å²) in [5, 5.41) is 14.2. The Morgan fingerprint density at radius 2 is 1.38 bits per heavy atom. The lowest BCUT2D eigenvalue weighted by atomic mass is 9.93. The van der Waals surface area contributed by atoms with E-state index >= 15 is 0 Å². The number of amides is 4. The van der Waals surface area contributed by atoms with Crippen molar-refractivity contribution in [3.05, 3.63) is 35.9 Å². The van der Waals surface area contributed by atoms with Crippen LogP contribution >= 0.6 is 23.5 Å². The Balaban J connectivity index is 1.26. The number of carboxylic acids is 1. The quantitative estimate of drug-likeness (QED) is 0.355. The third-order valence-electron chi connectivity index (χ3n) is 7.40. The van der Waals surface area contributed by atoms with Crippen molar-refractivity contribution in [1.29, 1.82) is 0 Å². The average Bonchev–Trinajstić information content (AvgIpc) is 3.25. The van der Waals surface area contributed by atoms with Gasteiger partial charge in [-0.05, 0) is 33.3 Å². The number of hydrogen-bond acceptors (Lipinski definition) is 8. The van der Waals surface area contributed by atoms with Crippen molar-refractivity contribution in [2.45, 2.75) is 78.1 Å². The van der Waals surface area contributed by atoms with Crippen LogP contribution in [0.15, 0.2) is 30.3 Å². The number of carbonyl (C=O) groups excluding carboxylic acids is 4. The van der Waals surface area contributed by atoms with Gasteiger partial charge in [0.2, 0.25) is 23.6 Å². The number of nitrogens with two attached hydrogens (primary N) is 1. The molecule has 0 radical (unpaired) electrons. The van der Waals surface area contributed by atoms with Crippen LogP contribution in [0.4, 0.5) is 0 Å². The Bertz CT molecular complexity index is 1190. The van der Waals surface area contributed by atoms with Crippen LogP contribution in [0.2, 0.25) is 0 Å². The van der Waals surface area contributed by atoms with E-state index in [0.29, 0.717) is 5.56 Å². The third-order valence-corrected chi connectivity index (χ3v) is 10.5. The highest BCUT2D eigenvalue weighted by Gasteiger charge is 2.67. The van der Waals surface area contributed by atoms with Crippen LogP contribution in [0.1, 0.15) is 39.3 Å². The van der Waals surface area contributed by atoms with Crippen LogP contribution in [0.25, 0.3) is 0 Å². The zero-order valence-corrected chi connectivity index (χ0v) is 22.3. The van der Waals surface area contributed by atoms with Crippen molar-refractivity contribution in [2.75, 3.05) is 0 Å². The highest BCUT2D eigenvalue weighted by Crippen LogP contribution is 2.53. The van der Waals surface area contributed by atoms with Gasteiger partial charge in [-0.25, -0.2) is 4.79 Å². The fourth-order valence-corrected chi connectivity index (χ4v) is 8.86. The zero-order chi connectivity index (χ0) is 27.0. The fourth-order valence-electron chi connectivity index (χ4n) is 5.60. The Morgan fingerprint density at radius 1 is 0.892 bits per heavy atom. The Morgan fingerprint density at radius 3 is 1.92 bits per heavy atom. The molecule has 4 amide bonds. The molecule has 198 valence electrons. The minimum Gasteiger partial charge on any atom is -0.480 e. The van der Waals surface area contributed by atoms with E-state index in [4.69, 9.17) is 5.73 Å². The van der Waals surface area contributed by atoms with Crippen LogP contribution in [-0.4, -0.2) is 88.9 Å². The third kappa shape index (κ3) is 3.89. The molecule has 4 fully saturated rings. The second-order valence-electron chi connectivity index (χ2n) is 10.7. The molecular formula is C24H29N5O6S2. The van der Waals surface area contributed by atoms with Gasteiger partial charge in [0.25, 0.3) is 0 Å². The van der Waals surface area contributed by atoms with E-state index < -0.39 is 74.1 Å². The number of fused-ring (bicyclic) bond motifs is 2. The van der Waals surface area contributed by atoms with E-state index in [-0.39, 0.29) is 5.91 Å². The molecule has 1 aromatic rings. The largest absolute Gasteiger partial charge is 0.480 e. The molecule has 5 rings (SSSR count). The van der Waals surface area contributed by atoms with E-state index in [9.17, 15) is 29.1 Å². The summed E-state index contributed by atoms with van der Waals surface area (Å²) in [6.07, 6.45) is 0. The summed E-state index contributed by atoms with van der Waals surface area (Å²) in [7, 11) is 0. The molecule has 0 bridgehead atoms. The monoisotopic (exact) mass is 547 g/mol. The molecule has 4 saturated heterocycles. The summed E-state index contributed by atoms with van der Waals surface area (Å²) in [5.41, 5.74) is 6.70. The second-order valence-corrected chi connectivity index (χ2v) is 14.3. The standard InChI is InChI=1S/C24H29N5O6S2/c1-23(2)14(17(31)27-13-19(33)29-15(22(34)35)24(3,4)37-21(13)29)28-18(32)12(20(28)36-23)26-16(30)11(25)10-8-6-5-7-9-10/h5-9,11-15,20-21H,25H2,1-4H3,(H,26,30)(H,27,31)(H,34,35)/t11-,12-,13-,14?,15?,20-,21-/m1/s1. The van der Waals surface area contributed by atoms with Gasteiger partial charge < -0.3 is 31.3 Å². The van der Waals surface area contributed by atoms with Crippen molar-refractivity contribution >= 4 is 53.1 Å². The Hall–Kier alpha value is -2.77. The minimum atomic E-state index is -1.08. The van der Waals surface area contributed by atoms with E-state index in [0.717, 1.165) is 0 Å². The number of aliphatic carboxylic acids is 1. The van der Waals surface area contributed by atoms with Gasteiger partial charge >= 0.3 is 5.97 Å². The van der Waals surface area contributed by atoms with E-state index in [1.54, 1.807) is 38.1 Å². The molecule has 5 N–H and O–H groups in total. The fraction of sp³-hybridized carbons (Fsp3) is 0.542. The number of nitrogens with zero attached hydrogens (tertiary/aromatic N) is 2. The topological polar surface area (TPSA) is 162 Å². The molecule has 4 aliphatic heterocycles. The lowest BCUT2D eigenvalue weighted by molar-refractivity contribution is -0.162. The first-order valence-electron chi connectivity index (χ1n) is 11.9. The molecule has 0 saturated carbocycles. The number of benzene rings is 1. The van der Waals surface area contributed by atoms with Crippen molar-refractivity contribution in [2.24, 2.45) is 5.73 Å². The Kier molecular flexibility index (Phi) is 6.03. The molecule has 4 aliphatic rings. The number of hydrogen-bond donors (Lipinski definition) is 4. The van der Waals surface area contributed by atoms with Crippen molar-refractivity contribution in [3.63, 3.8) is 0 Å². The summed E-state index contributed by atoms with van der Waals surface area (Å²) < 4.78 is -1.40. The summed E-state index contributed by atoms with van der Waals surface area (Å²) in [6.45, 7) is 7.20. The van der Waals surface area contributed by atoms with Crippen molar-refractivity contribution < 1.29 is 29.1 Å². The van der Waals surface area contributed by atoms with Gasteiger partial charge in [0.05, 0.1) is 0 Å². The lowest BCUT2D eigenvalue weighted by Gasteiger charge is -2.46. The Labute approximate surface area is 222 Å². The normalized spacial score (nSPS) is 33.5. The first-order chi connectivity index (χ1) is 17.3. The second kappa shape index (κ2) is 8.63. The average molecular weight is 548 g/mol. The summed E-state index contributed by atoms with van der Waals surface area (Å²) in [5.74, 6) is -2.88. The van der Waals surface area contributed by atoms with Gasteiger partial charge in [-0.15, -0.1) is 23.5 Å². The minimum absolute atomic E-state index is 0.388. The predicted octanol–water partition coefficient (Wildman–Crippen LogP) is -0.135. The number of β-lactam (4-membered cyclic amide) rings is 2.